The number of hydrogen-bond donors (Lipinski definition) is 0. The second-order valence-corrected chi connectivity index (χ2v) is 19.1. The molecule has 0 bridgehead atoms. The molecule has 2 aromatic carbocycles. The monoisotopic (exact) mass is 441 g/mol. The van der Waals surface area contributed by atoms with Crippen LogP contribution in [-0.4, -0.2) is 6.66 Å². The Morgan fingerprint density at radius 2 is 1.62 bits per heavy atom. The van der Waals surface area contributed by atoms with Crippen molar-refractivity contribution in [1.29, 1.82) is 0 Å². The van der Waals surface area contributed by atoms with E-state index in [1.165, 1.54) is 22.3 Å². The maximum Gasteiger partial charge on any atom is -0.147 e. The molecule has 1 aliphatic rings. The van der Waals surface area contributed by atoms with Gasteiger partial charge in [0.25, 0.3) is 0 Å². The average Bonchev–Trinajstić information content (AvgIpc) is 2.98. The zero-order chi connectivity index (χ0) is 17.1. The minimum absolute atomic E-state index is 0. The summed E-state index contributed by atoms with van der Waals surface area (Å²) >= 11 is -1.64. The first-order chi connectivity index (χ1) is 11.5. The van der Waals surface area contributed by atoms with Gasteiger partial charge in [-0.3, -0.25) is 0 Å². The fourth-order valence-electron chi connectivity index (χ4n) is 3.17. The zero-order valence-electron chi connectivity index (χ0n) is 15.8. The van der Waals surface area contributed by atoms with E-state index in [0.29, 0.717) is 0 Å². The van der Waals surface area contributed by atoms with Crippen molar-refractivity contribution >= 4 is 31.5 Å². The number of halogens is 2. The fraction of sp³-hybridized carbons (Fsp3) is 0.238. The molecule has 0 spiro atoms. The van der Waals surface area contributed by atoms with Crippen LogP contribution < -0.4 is 3.32 Å². The molecule has 5 heteroatoms. The molecular weight excluding hydrogens is 415 g/mol. The molecule has 0 saturated heterocycles. The van der Waals surface area contributed by atoms with E-state index in [1.54, 1.807) is 3.88 Å². The van der Waals surface area contributed by atoms with Crippen molar-refractivity contribution < 1.29 is 20.8 Å². The van der Waals surface area contributed by atoms with Gasteiger partial charge in [-0.1, -0.05) is 0 Å². The van der Waals surface area contributed by atoms with E-state index in [0.717, 1.165) is 12.2 Å². The molecule has 139 valence electrons. The number of benzene rings is 2. The van der Waals surface area contributed by atoms with Crippen molar-refractivity contribution in [2.24, 2.45) is 0 Å². The van der Waals surface area contributed by atoms with Gasteiger partial charge < -0.3 is 0 Å². The number of aryl methyl sites for hydroxylation is 1. The molecule has 0 N–H and O–H groups in total. The van der Waals surface area contributed by atoms with Gasteiger partial charge in [-0.05, 0) is 0 Å². The summed E-state index contributed by atoms with van der Waals surface area (Å²) in [6, 6.07) is 17.3. The molecule has 0 atom stereocenters. The SMILES string of the molecule is CC1=[C]([Ti]([O]c2cc(C)cc(-c3ccccc3)c2)[SiH](C)C)CC=C1.Cl.Cl. The second kappa shape index (κ2) is 10.5. The molecule has 0 amide bonds. The molecule has 1 nitrogen and oxygen atoms in total. The molecule has 3 rings (SSSR count). The van der Waals surface area contributed by atoms with Crippen molar-refractivity contribution in [2.45, 2.75) is 33.4 Å². The summed E-state index contributed by atoms with van der Waals surface area (Å²) in [5.41, 5.74) is 5.24. The van der Waals surface area contributed by atoms with Gasteiger partial charge in [-0.25, -0.2) is 0 Å². The van der Waals surface area contributed by atoms with E-state index in [2.05, 4.69) is 87.6 Å². The summed E-state index contributed by atoms with van der Waals surface area (Å²) in [6.45, 7) is 8.49. The number of hydrogen-bond acceptors (Lipinski definition) is 1. The van der Waals surface area contributed by atoms with Crippen molar-refractivity contribution in [3.8, 4) is 16.9 Å². The Morgan fingerprint density at radius 3 is 2.19 bits per heavy atom. The molecule has 0 heterocycles. The molecule has 2 aromatic rings. The van der Waals surface area contributed by atoms with Crippen LogP contribution in [-0.2, 0) is 17.5 Å². The summed E-state index contributed by atoms with van der Waals surface area (Å²) in [6.07, 6.45) is 5.68. The van der Waals surface area contributed by atoms with Crippen LogP contribution in [0.3, 0.4) is 0 Å². The first kappa shape index (κ1) is 23.3. The zero-order valence-corrected chi connectivity index (χ0v) is 20.1. The maximum absolute atomic E-state index is 6.70. The van der Waals surface area contributed by atoms with Crippen molar-refractivity contribution in [3.63, 3.8) is 0 Å². The Labute approximate surface area is 177 Å². The predicted molar refractivity (Wildman–Crippen MR) is 117 cm³/mol. The normalized spacial score (nSPS) is 12.7. The maximum atomic E-state index is 6.70. The molecular formula is C21H27Cl2OSiTi. The third-order valence-corrected chi connectivity index (χ3v) is 14.8. The van der Waals surface area contributed by atoms with Crippen molar-refractivity contribution in [3.05, 3.63) is 75.7 Å². The van der Waals surface area contributed by atoms with Gasteiger partial charge in [0.05, 0.1) is 0 Å². The van der Waals surface area contributed by atoms with E-state index >= 15 is 0 Å². The topological polar surface area (TPSA) is 9.23 Å². The van der Waals surface area contributed by atoms with Gasteiger partial charge in [-0.15, -0.1) is 24.8 Å². The standard InChI is InChI=1S/C13H12O.C6H7.C2H7Si.2ClH.Ti/c1-10-7-12(9-13(14)8-10)11-5-3-2-4-6-11;1-6-4-2-3-5-6;1-3-2;;;/h2-9,14H,1H3;2,4H,3H2,1H3;3H,1-2H3;2*1H;/q;;;;;+1/p-1. The second-order valence-electron chi connectivity index (χ2n) is 6.79. The van der Waals surface area contributed by atoms with Crippen LogP contribution in [0.25, 0.3) is 11.1 Å². The van der Waals surface area contributed by atoms with Crippen LogP contribution in [0.5, 0.6) is 5.75 Å². The molecule has 0 aliphatic heterocycles. The van der Waals surface area contributed by atoms with Crippen molar-refractivity contribution in [1.82, 2.24) is 0 Å². The number of rotatable bonds is 5. The third-order valence-electron chi connectivity index (χ3n) is 4.37. The van der Waals surface area contributed by atoms with Crippen LogP contribution in [0.2, 0.25) is 13.1 Å². The molecule has 26 heavy (non-hydrogen) atoms. The van der Waals surface area contributed by atoms with Gasteiger partial charge in [-0.2, -0.15) is 0 Å². The summed E-state index contributed by atoms with van der Waals surface area (Å²) < 4.78 is 8.34. The van der Waals surface area contributed by atoms with Crippen LogP contribution in [0.4, 0.5) is 0 Å². The van der Waals surface area contributed by atoms with Crippen LogP contribution in [0.1, 0.15) is 18.9 Å². The predicted octanol–water partition coefficient (Wildman–Crippen LogP) is 6.63. The Morgan fingerprint density at radius 1 is 0.923 bits per heavy atom. The third kappa shape index (κ3) is 5.61. The molecule has 0 saturated carbocycles. The Hall–Kier alpha value is -0.769. The van der Waals surface area contributed by atoms with E-state index in [1.807, 2.05) is 0 Å². The van der Waals surface area contributed by atoms with Gasteiger partial charge >= 0.3 is 153 Å². The van der Waals surface area contributed by atoms with Gasteiger partial charge in [0.2, 0.25) is 0 Å². The number of allylic oxidation sites excluding steroid dienone is 4. The van der Waals surface area contributed by atoms with Gasteiger partial charge in [0, 0.05) is 0 Å². The minimum atomic E-state index is -1.64. The molecule has 0 unspecified atom stereocenters. The summed E-state index contributed by atoms with van der Waals surface area (Å²) in [5, 5.41) is 0. The van der Waals surface area contributed by atoms with E-state index in [-0.39, 0.29) is 24.8 Å². The summed E-state index contributed by atoms with van der Waals surface area (Å²) in [4.78, 5) is 0. The Bertz CT molecular complexity index is 788. The average molecular weight is 442 g/mol. The molecule has 1 aliphatic carbocycles. The first-order valence-electron chi connectivity index (χ1n) is 8.63. The first-order valence-corrected chi connectivity index (χ1v) is 15.6. The Balaban J connectivity index is 0.00000169. The van der Waals surface area contributed by atoms with Crippen LogP contribution in [0.15, 0.2) is 70.1 Å². The molecule has 0 aromatic heterocycles. The molecule has 0 radical (unpaired) electrons. The van der Waals surface area contributed by atoms with E-state index in [4.69, 9.17) is 3.32 Å². The summed E-state index contributed by atoms with van der Waals surface area (Å²) in [5.74, 6) is 1.07. The van der Waals surface area contributed by atoms with Gasteiger partial charge in [0.1, 0.15) is 0 Å². The molecule has 0 fully saturated rings. The van der Waals surface area contributed by atoms with E-state index < -0.39 is 24.2 Å². The van der Waals surface area contributed by atoms with Gasteiger partial charge in [0.15, 0.2) is 0 Å². The fourth-order valence-corrected chi connectivity index (χ4v) is 12.5. The Kier molecular flexibility index (Phi) is 9.43. The van der Waals surface area contributed by atoms with Crippen LogP contribution >= 0.6 is 24.8 Å². The van der Waals surface area contributed by atoms with E-state index in [9.17, 15) is 0 Å². The summed E-state index contributed by atoms with van der Waals surface area (Å²) in [7, 11) is 0. The minimum Gasteiger partial charge on any atom is -0.147 e. The quantitative estimate of drug-likeness (QED) is 0.472. The van der Waals surface area contributed by atoms with Crippen LogP contribution in [0, 0.1) is 6.92 Å². The largest absolute Gasteiger partial charge is 0.147 e. The van der Waals surface area contributed by atoms with Crippen molar-refractivity contribution in [2.75, 3.05) is 0 Å². The smallest absolute Gasteiger partial charge is 0.147 e.